The second-order valence-corrected chi connectivity index (χ2v) is 5.82. The van der Waals surface area contributed by atoms with Gasteiger partial charge >= 0.3 is 0 Å². The Hall–Kier alpha value is -0.640. The first kappa shape index (κ1) is 13.3. The summed E-state index contributed by atoms with van der Waals surface area (Å²) in [6, 6.07) is 3.67. The highest BCUT2D eigenvalue weighted by atomic mass is 35.5. The van der Waals surface area contributed by atoms with Gasteiger partial charge < -0.3 is 5.01 Å². The summed E-state index contributed by atoms with van der Waals surface area (Å²) in [5, 5.41) is 3.37. The Labute approximate surface area is 127 Å². The van der Waals surface area contributed by atoms with Gasteiger partial charge in [0.1, 0.15) is 5.82 Å². The number of benzene rings is 1. The van der Waals surface area contributed by atoms with Gasteiger partial charge in [0.25, 0.3) is 0 Å². The summed E-state index contributed by atoms with van der Waals surface area (Å²) in [6.45, 7) is 2.05. The summed E-state index contributed by atoms with van der Waals surface area (Å²) in [4.78, 5) is 4.55. The molecule has 0 aliphatic carbocycles. The Morgan fingerprint density at radius 1 is 1.05 bits per heavy atom. The van der Waals surface area contributed by atoms with Crippen LogP contribution in [0.3, 0.4) is 0 Å². The minimum absolute atomic E-state index is 0.375. The fourth-order valence-electron chi connectivity index (χ4n) is 2.59. The lowest BCUT2D eigenvalue weighted by Crippen LogP contribution is -2.39. The zero-order valence-corrected chi connectivity index (χ0v) is 12.6. The molecule has 0 unspecified atom stereocenters. The first-order valence-corrected chi connectivity index (χ1v) is 7.67. The van der Waals surface area contributed by atoms with Crippen LogP contribution in [-0.2, 0) is 5.88 Å². The lowest BCUT2D eigenvalue weighted by atomic mass is 10.2. The van der Waals surface area contributed by atoms with Gasteiger partial charge in [0.2, 0.25) is 0 Å². The molecule has 1 aromatic heterocycles. The van der Waals surface area contributed by atoms with Gasteiger partial charge in [-0.1, -0.05) is 23.2 Å². The minimum Gasteiger partial charge on any atom is -0.311 e. The standard InChI is InChI=1S/C13H14Cl3N3/c14-8-13-17-11-6-9(15)10(16)7-12(11)19(13)18-4-2-1-3-5-18/h6-7H,1-5,8H2. The molecule has 102 valence electrons. The molecule has 6 heteroatoms. The van der Waals surface area contributed by atoms with Gasteiger partial charge in [-0.15, -0.1) is 11.6 Å². The van der Waals surface area contributed by atoms with Crippen molar-refractivity contribution in [2.75, 3.05) is 18.1 Å². The van der Waals surface area contributed by atoms with Crippen LogP contribution in [0.25, 0.3) is 11.0 Å². The predicted molar refractivity (Wildman–Crippen MR) is 81.1 cm³/mol. The van der Waals surface area contributed by atoms with Crippen LogP contribution in [0.1, 0.15) is 25.1 Å². The molecule has 0 atom stereocenters. The van der Waals surface area contributed by atoms with Crippen LogP contribution in [0.2, 0.25) is 10.0 Å². The molecule has 2 aromatic rings. The number of imidazole rings is 1. The van der Waals surface area contributed by atoms with E-state index in [1.165, 1.54) is 19.3 Å². The van der Waals surface area contributed by atoms with E-state index >= 15 is 0 Å². The fraction of sp³-hybridized carbons (Fsp3) is 0.462. The maximum absolute atomic E-state index is 6.13. The van der Waals surface area contributed by atoms with Crippen molar-refractivity contribution in [3.63, 3.8) is 0 Å². The Bertz CT molecular complexity index is 603. The molecule has 1 aliphatic rings. The highest BCUT2D eigenvalue weighted by Gasteiger charge is 2.19. The third-order valence-corrected chi connectivity index (χ3v) is 4.44. The molecule has 1 fully saturated rings. The molecule has 19 heavy (non-hydrogen) atoms. The molecule has 1 aliphatic heterocycles. The van der Waals surface area contributed by atoms with Gasteiger partial charge in [-0.3, -0.25) is 0 Å². The summed E-state index contributed by atoms with van der Waals surface area (Å²) in [6.07, 6.45) is 3.68. The van der Waals surface area contributed by atoms with Crippen LogP contribution < -0.4 is 5.01 Å². The van der Waals surface area contributed by atoms with Crippen LogP contribution in [0, 0.1) is 0 Å². The van der Waals surface area contributed by atoms with Crippen LogP contribution in [0.4, 0.5) is 0 Å². The lowest BCUT2D eigenvalue weighted by Gasteiger charge is -2.31. The maximum Gasteiger partial charge on any atom is 0.143 e. The number of halogens is 3. The highest BCUT2D eigenvalue weighted by Crippen LogP contribution is 2.29. The summed E-state index contributed by atoms with van der Waals surface area (Å²) < 4.78 is 2.10. The normalized spacial score (nSPS) is 16.3. The molecule has 0 spiro atoms. The van der Waals surface area contributed by atoms with Crippen LogP contribution in [-0.4, -0.2) is 22.7 Å². The zero-order valence-electron chi connectivity index (χ0n) is 10.4. The number of alkyl halides is 1. The fourth-order valence-corrected chi connectivity index (χ4v) is 3.08. The predicted octanol–water partition coefficient (Wildman–Crippen LogP) is 4.20. The van der Waals surface area contributed by atoms with Gasteiger partial charge in [0.05, 0.1) is 27.0 Å². The number of fused-ring (bicyclic) bond motifs is 1. The van der Waals surface area contributed by atoms with Crippen molar-refractivity contribution < 1.29 is 0 Å². The number of nitrogens with zero attached hydrogens (tertiary/aromatic N) is 3. The SMILES string of the molecule is ClCc1nc2cc(Cl)c(Cl)cc2n1N1CCCCC1. The van der Waals surface area contributed by atoms with Gasteiger partial charge in [0, 0.05) is 13.1 Å². The van der Waals surface area contributed by atoms with E-state index in [2.05, 4.69) is 14.7 Å². The number of hydrogen-bond acceptors (Lipinski definition) is 2. The minimum atomic E-state index is 0.375. The molecule has 1 aromatic carbocycles. The average molecular weight is 319 g/mol. The number of rotatable bonds is 2. The molecule has 0 radical (unpaired) electrons. The topological polar surface area (TPSA) is 21.1 Å². The second kappa shape index (κ2) is 5.39. The number of piperidine rings is 1. The van der Waals surface area contributed by atoms with E-state index in [1.807, 2.05) is 6.07 Å². The first-order valence-electron chi connectivity index (χ1n) is 6.38. The Morgan fingerprint density at radius 2 is 1.74 bits per heavy atom. The van der Waals surface area contributed by atoms with Gasteiger partial charge in [-0.05, 0) is 31.4 Å². The van der Waals surface area contributed by atoms with E-state index in [0.29, 0.717) is 15.9 Å². The monoisotopic (exact) mass is 317 g/mol. The Kier molecular flexibility index (Phi) is 3.79. The lowest BCUT2D eigenvalue weighted by molar-refractivity contribution is 0.478. The molecule has 0 bridgehead atoms. The summed E-state index contributed by atoms with van der Waals surface area (Å²) >= 11 is 18.2. The maximum atomic E-state index is 6.13. The van der Waals surface area contributed by atoms with Crippen molar-refractivity contribution in [3.8, 4) is 0 Å². The van der Waals surface area contributed by atoms with Gasteiger partial charge in [0.15, 0.2) is 0 Å². The molecular formula is C13H14Cl3N3. The van der Waals surface area contributed by atoms with Crippen molar-refractivity contribution in [2.45, 2.75) is 25.1 Å². The molecule has 3 nitrogen and oxygen atoms in total. The van der Waals surface area contributed by atoms with E-state index in [-0.39, 0.29) is 0 Å². The van der Waals surface area contributed by atoms with E-state index in [0.717, 1.165) is 29.9 Å². The molecule has 0 saturated carbocycles. The van der Waals surface area contributed by atoms with E-state index in [9.17, 15) is 0 Å². The van der Waals surface area contributed by atoms with Gasteiger partial charge in [-0.25, -0.2) is 9.66 Å². The van der Waals surface area contributed by atoms with Gasteiger partial charge in [-0.2, -0.15) is 0 Å². The second-order valence-electron chi connectivity index (χ2n) is 4.74. The molecule has 3 rings (SSSR count). The Balaban J connectivity index is 2.16. The molecule has 0 N–H and O–H groups in total. The smallest absolute Gasteiger partial charge is 0.143 e. The third-order valence-electron chi connectivity index (χ3n) is 3.47. The van der Waals surface area contributed by atoms with Crippen LogP contribution in [0.5, 0.6) is 0 Å². The molecular weight excluding hydrogens is 305 g/mol. The van der Waals surface area contributed by atoms with Crippen LogP contribution >= 0.6 is 34.8 Å². The molecule has 1 saturated heterocycles. The third kappa shape index (κ3) is 2.39. The molecule has 0 amide bonds. The zero-order chi connectivity index (χ0) is 13.4. The molecule has 2 heterocycles. The summed E-state index contributed by atoms with van der Waals surface area (Å²) in [5.41, 5.74) is 1.82. The van der Waals surface area contributed by atoms with Crippen molar-refractivity contribution in [1.82, 2.24) is 9.66 Å². The summed E-state index contributed by atoms with van der Waals surface area (Å²) in [7, 11) is 0. The number of aromatic nitrogens is 2. The van der Waals surface area contributed by atoms with Crippen molar-refractivity contribution in [2.24, 2.45) is 0 Å². The number of hydrogen-bond donors (Lipinski definition) is 0. The van der Waals surface area contributed by atoms with Crippen molar-refractivity contribution >= 4 is 45.8 Å². The highest BCUT2D eigenvalue weighted by molar-refractivity contribution is 6.42. The summed E-state index contributed by atoms with van der Waals surface area (Å²) in [5.74, 6) is 1.22. The van der Waals surface area contributed by atoms with E-state index in [1.54, 1.807) is 6.07 Å². The van der Waals surface area contributed by atoms with Crippen molar-refractivity contribution in [3.05, 3.63) is 28.0 Å². The van der Waals surface area contributed by atoms with Crippen LogP contribution in [0.15, 0.2) is 12.1 Å². The van der Waals surface area contributed by atoms with E-state index < -0.39 is 0 Å². The first-order chi connectivity index (χ1) is 9.20. The quantitative estimate of drug-likeness (QED) is 0.774. The Morgan fingerprint density at radius 3 is 2.42 bits per heavy atom. The largest absolute Gasteiger partial charge is 0.311 e. The van der Waals surface area contributed by atoms with Crippen molar-refractivity contribution in [1.29, 1.82) is 0 Å². The average Bonchev–Trinajstić information content (AvgIpc) is 2.78. The van der Waals surface area contributed by atoms with E-state index in [4.69, 9.17) is 34.8 Å².